The number of aryl methyl sites for hydroxylation is 1. The maximum Gasteiger partial charge on any atom is 0.353 e. The fourth-order valence-corrected chi connectivity index (χ4v) is 2.55. The lowest BCUT2D eigenvalue weighted by Gasteiger charge is -1.96. The molecule has 2 heterocycles. The highest BCUT2D eigenvalue weighted by atomic mass is 79.9. The number of aromatic nitrogens is 3. The summed E-state index contributed by atoms with van der Waals surface area (Å²) in [7, 11) is 0. The van der Waals surface area contributed by atoms with Crippen LogP contribution >= 0.6 is 15.9 Å². The maximum absolute atomic E-state index is 10.9. The van der Waals surface area contributed by atoms with Gasteiger partial charge in [-0.2, -0.15) is 0 Å². The third-order valence-electron chi connectivity index (χ3n) is 2.63. The van der Waals surface area contributed by atoms with E-state index in [1.54, 1.807) is 10.6 Å². The summed E-state index contributed by atoms with van der Waals surface area (Å²) in [5, 5.41) is 8.90. The molecular formula is C11H8BrN3O2. The molecule has 0 unspecified atom stereocenters. The van der Waals surface area contributed by atoms with Crippen molar-refractivity contribution in [3.63, 3.8) is 0 Å². The second-order valence-electron chi connectivity index (χ2n) is 3.89. The van der Waals surface area contributed by atoms with E-state index < -0.39 is 5.97 Å². The minimum atomic E-state index is -0.990. The fourth-order valence-electron chi connectivity index (χ4n) is 1.89. The van der Waals surface area contributed by atoms with Crippen LogP contribution in [-0.2, 0) is 0 Å². The lowest BCUT2D eigenvalue weighted by molar-refractivity contribution is 0.0691. The molecule has 0 radical (unpaired) electrons. The zero-order valence-corrected chi connectivity index (χ0v) is 10.4. The van der Waals surface area contributed by atoms with Gasteiger partial charge in [-0.05, 0) is 40.5 Å². The van der Waals surface area contributed by atoms with E-state index >= 15 is 0 Å². The quantitative estimate of drug-likeness (QED) is 0.724. The lowest BCUT2D eigenvalue weighted by atomic mass is 10.2. The van der Waals surface area contributed by atoms with Gasteiger partial charge in [-0.15, -0.1) is 0 Å². The molecule has 0 aliphatic carbocycles. The van der Waals surface area contributed by atoms with E-state index in [2.05, 4.69) is 25.9 Å². The van der Waals surface area contributed by atoms with E-state index in [4.69, 9.17) is 5.11 Å². The van der Waals surface area contributed by atoms with Crippen LogP contribution in [0.5, 0.6) is 0 Å². The first-order chi connectivity index (χ1) is 8.06. The lowest BCUT2D eigenvalue weighted by Crippen LogP contribution is -1.95. The number of benzene rings is 1. The molecule has 86 valence electrons. The van der Waals surface area contributed by atoms with Crippen molar-refractivity contribution >= 4 is 38.7 Å². The molecule has 0 spiro atoms. The maximum atomic E-state index is 10.9. The van der Waals surface area contributed by atoms with Gasteiger partial charge in [0.2, 0.25) is 5.78 Å². The summed E-state index contributed by atoms with van der Waals surface area (Å²) < 4.78 is 2.65. The molecule has 0 amide bonds. The first kappa shape index (κ1) is 10.3. The van der Waals surface area contributed by atoms with Crippen LogP contribution in [0.1, 0.15) is 16.1 Å². The zero-order valence-electron chi connectivity index (χ0n) is 8.86. The predicted octanol–water partition coefficient (Wildman–Crippen LogP) is 2.58. The first-order valence-electron chi connectivity index (χ1n) is 4.96. The van der Waals surface area contributed by atoms with Crippen molar-refractivity contribution in [1.82, 2.24) is 14.4 Å². The highest BCUT2D eigenvalue weighted by molar-refractivity contribution is 9.10. The second kappa shape index (κ2) is 3.33. The van der Waals surface area contributed by atoms with Crippen LogP contribution in [0.15, 0.2) is 22.8 Å². The molecule has 0 aliphatic heterocycles. The second-order valence-corrected chi connectivity index (χ2v) is 4.75. The van der Waals surface area contributed by atoms with Gasteiger partial charge in [0.05, 0.1) is 5.52 Å². The standard InChI is InChI=1S/C11H8BrN3O2/c1-5-2-6(12)9-8(3-5)15-4-7(10(16)17)13-11(15)14-9/h2-4H,1H3,(H,13,14)(H,16,17). The van der Waals surface area contributed by atoms with Crippen molar-refractivity contribution in [1.29, 1.82) is 0 Å². The Kier molecular flexibility index (Phi) is 2.03. The molecule has 17 heavy (non-hydrogen) atoms. The molecule has 0 aliphatic rings. The molecule has 0 saturated heterocycles. The minimum Gasteiger partial charge on any atom is -0.477 e. The van der Waals surface area contributed by atoms with Gasteiger partial charge in [0, 0.05) is 10.7 Å². The predicted molar refractivity (Wildman–Crippen MR) is 66.4 cm³/mol. The van der Waals surface area contributed by atoms with Crippen molar-refractivity contribution in [3.8, 4) is 0 Å². The Morgan fingerprint density at radius 1 is 1.53 bits per heavy atom. The largest absolute Gasteiger partial charge is 0.477 e. The summed E-state index contributed by atoms with van der Waals surface area (Å²) in [6.45, 7) is 1.98. The molecule has 0 saturated carbocycles. The number of halogens is 1. The molecule has 1 aromatic carbocycles. The third-order valence-corrected chi connectivity index (χ3v) is 3.23. The Morgan fingerprint density at radius 2 is 2.29 bits per heavy atom. The Balaban J connectivity index is 2.44. The van der Waals surface area contributed by atoms with E-state index in [1.807, 2.05) is 19.1 Å². The number of hydrogen-bond acceptors (Lipinski definition) is 2. The number of rotatable bonds is 1. The Hall–Kier alpha value is -1.82. The summed E-state index contributed by atoms with van der Waals surface area (Å²) in [5.41, 5.74) is 2.92. The van der Waals surface area contributed by atoms with E-state index in [1.165, 1.54) is 0 Å². The monoisotopic (exact) mass is 293 g/mol. The van der Waals surface area contributed by atoms with E-state index in [-0.39, 0.29) is 5.69 Å². The van der Waals surface area contributed by atoms with E-state index in [0.717, 1.165) is 21.1 Å². The normalized spacial score (nSPS) is 11.4. The fraction of sp³-hybridized carbons (Fsp3) is 0.0909. The van der Waals surface area contributed by atoms with E-state index in [0.29, 0.717) is 5.78 Å². The number of carboxylic acid groups (broad SMARTS) is 1. The number of carbonyl (C=O) groups is 1. The number of aromatic amines is 1. The number of imidazole rings is 2. The van der Waals surface area contributed by atoms with Crippen LogP contribution in [0.3, 0.4) is 0 Å². The first-order valence-corrected chi connectivity index (χ1v) is 5.76. The van der Waals surface area contributed by atoms with Crippen LogP contribution in [0.4, 0.5) is 0 Å². The number of nitrogens with one attached hydrogen (secondary N) is 1. The zero-order chi connectivity index (χ0) is 12.2. The molecule has 6 heteroatoms. The highest BCUT2D eigenvalue weighted by Crippen LogP contribution is 2.26. The van der Waals surface area contributed by atoms with Crippen molar-refractivity contribution < 1.29 is 9.90 Å². The topological polar surface area (TPSA) is 70.4 Å². The number of H-pyrrole nitrogens is 1. The third kappa shape index (κ3) is 1.44. The summed E-state index contributed by atoms with van der Waals surface area (Å²) in [6, 6.07) is 3.95. The van der Waals surface area contributed by atoms with Gasteiger partial charge in [-0.3, -0.25) is 4.40 Å². The van der Waals surface area contributed by atoms with Crippen LogP contribution < -0.4 is 0 Å². The number of carboxylic acids is 1. The van der Waals surface area contributed by atoms with Crippen LogP contribution in [0, 0.1) is 6.92 Å². The summed E-state index contributed by atoms with van der Waals surface area (Å²) in [4.78, 5) is 18.0. The summed E-state index contributed by atoms with van der Waals surface area (Å²) in [6.07, 6.45) is 1.54. The van der Waals surface area contributed by atoms with Gasteiger partial charge in [-0.1, -0.05) is 0 Å². The average molecular weight is 294 g/mol. The van der Waals surface area contributed by atoms with Gasteiger partial charge in [0.15, 0.2) is 0 Å². The van der Waals surface area contributed by atoms with Gasteiger partial charge in [0.25, 0.3) is 0 Å². The Labute approximate surface area is 104 Å². The Bertz CT molecular complexity index is 757. The van der Waals surface area contributed by atoms with Crippen molar-refractivity contribution in [2.24, 2.45) is 0 Å². The molecule has 5 nitrogen and oxygen atoms in total. The SMILES string of the molecule is Cc1cc(Br)c2nc3[nH]c(C(=O)O)cn3c2c1. The van der Waals surface area contributed by atoms with Crippen LogP contribution in [-0.4, -0.2) is 25.4 Å². The average Bonchev–Trinajstić information content (AvgIpc) is 2.76. The van der Waals surface area contributed by atoms with Crippen molar-refractivity contribution in [2.45, 2.75) is 6.92 Å². The molecule has 2 aromatic heterocycles. The summed E-state index contributed by atoms with van der Waals surface area (Å²) >= 11 is 3.45. The Morgan fingerprint density at radius 3 is 3.00 bits per heavy atom. The molecule has 3 rings (SSSR count). The molecule has 3 aromatic rings. The smallest absolute Gasteiger partial charge is 0.353 e. The number of fused-ring (bicyclic) bond motifs is 3. The number of nitrogens with zero attached hydrogens (tertiary/aromatic N) is 2. The van der Waals surface area contributed by atoms with Gasteiger partial charge < -0.3 is 10.1 Å². The van der Waals surface area contributed by atoms with E-state index in [9.17, 15) is 4.79 Å². The minimum absolute atomic E-state index is 0.132. The van der Waals surface area contributed by atoms with Crippen LogP contribution in [0.25, 0.3) is 16.8 Å². The van der Waals surface area contributed by atoms with Crippen molar-refractivity contribution in [3.05, 3.63) is 34.1 Å². The molecule has 0 bridgehead atoms. The number of hydrogen-bond donors (Lipinski definition) is 2. The number of aromatic carboxylic acids is 1. The molecule has 0 fully saturated rings. The van der Waals surface area contributed by atoms with Gasteiger partial charge >= 0.3 is 5.97 Å². The molecule has 0 atom stereocenters. The molecular weight excluding hydrogens is 286 g/mol. The highest BCUT2D eigenvalue weighted by Gasteiger charge is 2.13. The van der Waals surface area contributed by atoms with Crippen molar-refractivity contribution in [2.75, 3.05) is 0 Å². The van der Waals surface area contributed by atoms with Gasteiger partial charge in [0.1, 0.15) is 11.2 Å². The summed E-state index contributed by atoms with van der Waals surface area (Å²) in [5.74, 6) is -0.459. The molecule has 2 N–H and O–H groups in total. The van der Waals surface area contributed by atoms with Crippen LogP contribution in [0.2, 0.25) is 0 Å². The van der Waals surface area contributed by atoms with Gasteiger partial charge in [-0.25, -0.2) is 9.78 Å².